The largest absolute Gasteiger partial charge is 0.381 e. The van der Waals surface area contributed by atoms with E-state index in [4.69, 9.17) is 4.74 Å². The van der Waals surface area contributed by atoms with Crippen LogP contribution in [0, 0.1) is 17.3 Å². The second-order valence-electron chi connectivity index (χ2n) is 7.72. The Kier molecular flexibility index (Phi) is 4.61. The zero-order valence-electron chi connectivity index (χ0n) is 13.8. The predicted molar refractivity (Wildman–Crippen MR) is 80.7 cm³/mol. The number of rotatable bonds is 3. The SMILES string of the molecule is CC(C)C1NC(=O)C(C(C)(C)C)N(CC2CCOC2)C1=O. The number of ether oxygens (including phenoxy) is 1. The highest BCUT2D eigenvalue weighted by Crippen LogP contribution is 2.30. The molecule has 0 aromatic heterocycles. The quantitative estimate of drug-likeness (QED) is 0.857. The lowest BCUT2D eigenvalue weighted by molar-refractivity contribution is -0.155. The fraction of sp³-hybridized carbons (Fsp3) is 0.875. The molecule has 2 rings (SSSR count). The first kappa shape index (κ1) is 16.3. The van der Waals surface area contributed by atoms with Crippen molar-refractivity contribution < 1.29 is 14.3 Å². The van der Waals surface area contributed by atoms with Crippen LogP contribution in [0.4, 0.5) is 0 Å². The van der Waals surface area contributed by atoms with Crippen molar-refractivity contribution >= 4 is 11.8 Å². The molecule has 0 bridgehead atoms. The van der Waals surface area contributed by atoms with Crippen LogP contribution in [0.25, 0.3) is 0 Å². The molecule has 3 atom stereocenters. The summed E-state index contributed by atoms with van der Waals surface area (Å²) in [6, 6.07) is -0.806. The fourth-order valence-corrected chi connectivity index (χ4v) is 3.25. The smallest absolute Gasteiger partial charge is 0.246 e. The van der Waals surface area contributed by atoms with Crippen molar-refractivity contribution in [2.75, 3.05) is 19.8 Å². The first-order valence-corrected chi connectivity index (χ1v) is 7.90. The van der Waals surface area contributed by atoms with Gasteiger partial charge < -0.3 is 15.0 Å². The summed E-state index contributed by atoms with van der Waals surface area (Å²) in [5.74, 6) is 0.471. The molecule has 3 unspecified atom stereocenters. The minimum atomic E-state index is -0.404. The fourth-order valence-electron chi connectivity index (χ4n) is 3.25. The number of nitrogens with one attached hydrogen (secondary N) is 1. The van der Waals surface area contributed by atoms with E-state index in [1.807, 2.05) is 39.5 Å². The van der Waals surface area contributed by atoms with Crippen molar-refractivity contribution in [3.05, 3.63) is 0 Å². The van der Waals surface area contributed by atoms with Crippen LogP contribution >= 0.6 is 0 Å². The summed E-state index contributed by atoms with van der Waals surface area (Å²) in [6.07, 6.45) is 0.967. The second kappa shape index (κ2) is 5.95. The van der Waals surface area contributed by atoms with E-state index in [9.17, 15) is 9.59 Å². The van der Waals surface area contributed by atoms with Gasteiger partial charge in [-0.1, -0.05) is 34.6 Å². The van der Waals surface area contributed by atoms with Gasteiger partial charge in [0, 0.05) is 19.1 Å². The number of hydrogen-bond donors (Lipinski definition) is 1. The first-order valence-electron chi connectivity index (χ1n) is 7.90. The molecule has 2 amide bonds. The topological polar surface area (TPSA) is 58.6 Å². The molecule has 0 saturated carbocycles. The maximum atomic E-state index is 12.8. The Hall–Kier alpha value is -1.10. The third-order valence-electron chi connectivity index (χ3n) is 4.37. The van der Waals surface area contributed by atoms with E-state index >= 15 is 0 Å². The van der Waals surface area contributed by atoms with E-state index in [1.54, 1.807) is 0 Å². The average Bonchev–Trinajstić information content (AvgIpc) is 2.84. The molecular weight excluding hydrogens is 268 g/mol. The lowest BCUT2D eigenvalue weighted by Crippen LogP contribution is -2.68. The summed E-state index contributed by atoms with van der Waals surface area (Å²) < 4.78 is 5.42. The third kappa shape index (κ3) is 3.39. The maximum absolute atomic E-state index is 12.8. The summed E-state index contributed by atoms with van der Waals surface area (Å²) >= 11 is 0. The van der Waals surface area contributed by atoms with Crippen molar-refractivity contribution in [2.45, 2.75) is 53.1 Å². The van der Waals surface area contributed by atoms with E-state index in [1.165, 1.54) is 0 Å². The standard InChI is InChI=1S/C16H28N2O3/c1-10(2)12-15(20)18(8-11-6-7-21-9-11)13(14(19)17-12)16(3,4)5/h10-13H,6-9H2,1-5H3,(H,17,19). The summed E-state index contributed by atoms with van der Waals surface area (Å²) in [6.45, 7) is 12.0. The number of carbonyl (C=O) groups excluding carboxylic acids is 2. The zero-order chi connectivity index (χ0) is 15.8. The predicted octanol–water partition coefficient (Wildman–Crippen LogP) is 1.42. The molecule has 1 N–H and O–H groups in total. The Morgan fingerprint density at radius 3 is 2.48 bits per heavy atom. The number of carbonyl (C=O) groups is 2. The molecule has 2 heterocycles. The third-order valence-corrected chi connectivity index (χ3v) is 4.37. The lowest BCUT2D eigenvalue weighted by atomic mass is 9.81. The Balaban J connectivity index is 2.25. The first-order chi connectivity index (χ1) is 9.71. The van der Waals surface area contributed by atoms with E-state index < -0.39 is 12.1 Å². The minimum absolute atomic E-state index is 0.0280. The Morgan fingerprint density at radius 2 is 2.00 bits per heavy atom. The molecule has 0 aliphatic carbocycles. The van der Waals surface area contributed by atoms with Gasteiger partial charge in [0.05, 0.1) is 6.61 Å². The van der Waals surface area contributed by atoms with Crippen LogP contribution in [0.2, 0.25) is 0 Å². The number of hydrogen-bond acceptors (Lipinski definition) is 3. The lowest BCUT2D eigenvalue weighted by Gasteiger charge is -2.46. The molecule has 2 aliphatic rings. The van der Waals surface area contributed by atoms with E-state index in [0.29, 0.717) is 19.1 Å². The molecule has 21 heavy (non-hydrogen) atoms. The van der Waals surface area contributed by atoms with Gasteiger partial charge in [-0.3, -0.25) is 9.59 Å². The molecule has 2 aliphatic heterocycles. The van der Waals surface area contributed by atoms with Crippen LogP contribution in [-0.2, 0) is 14.3 Å². The summed E-state index contributed by atoms with van der Waals surface area (Å²) in [5.41, 5.74) is -0.277. The highest BCUT2D eigenvalue weighted by atomic mass is 16.5. The van der Waals surface area contributed by atoms with Crippen molar-refractivity contribution in [1.29, 1.82) is 0 Å². The Labute approximate surface area is 127 Å². The Bertz CT molecular complexity index is 408. The number of piperazine rings is 1. The van der Waals surface area contributed by atoms with Crippen molar-refractivity contribution in [3.8, 4) is 0 Å². The molecule has 2 saturated heterocycles. The molecule has 5 nitrogen and oxygen atoms in total. The van der Waals surface area contributed by atoms with E-state index in [-0.39, 0.29) is 23.1 Å². The highest BCUT2D eigenvalue weighted by Gasteiger charge is 2.47. The van der Waals surface area contributed by atoms with Gasteiger partial charge in [0.15, 0.2) is 0 Å². The highest BCUT2D eigenvalue weighted by molar-refractivity contribution is 5.97. The molecule has 0 aromatic carbocycles. The van der Waals surface area contributed by atoms with E-state index in [2.05, 4.69) is 5.32 Å². The van der Waals surface area contributed by atoms with Gasteiger partial charge in [0.25, 0.3) is 0 Å². The molecule has 5 heteroatoms. The van der Waals surface area contributed by atoms with Crippen LogP contribution in [0.15, 0.2) is 0 Å². The summed E-state index contributed by atoms with van der Waals surface area (Å²) in [4.78, 5) is 27.2. The molecular formula is C16H28N2O3. The molecule has 2 fully saturated rings. The molecule has 0 radical (unpaired) electrons. The zero-order valence-corrected chi connectivity index (χ0v) is 13.8. The van der Waals surface area contributed by atoms with Crippen LogP contribution in [0.5, 0.6) is 0 Å². The maximum Gasteiger partial charge on any atom is 0.246 e. The van der Waals surface area contributed by atoms with Crippen molar-refractivity contribution in [3.63, 3.8) is 0 Å². The van der Waals surface area contributed by atoms with Gasteiger partial charge in [-0.2, -0.15) is 0 Å². The van der Waals surface area contributed by atoms with Crippen LogP contribution < -0.4 is 5.32 Å². The van der Waals surface area contributed by atoms with Crippen LogP contribution in [0.3, 0.4) is 0 Å². The normalized spacial score (nSPS) is 31.0. The number of nitrogens with zero attached hydrogens (tertiary/aromatic N) is 1. The second-order valence-corrected chi connectivity index (χ2v) is 7.72. The van der Waals surface area contributed by atoms with Crippen LogP contribution in [0.1, 0.15) is 41.0 Å². The molecule has 120 valence electrons. The van der Waals surface area contributed by atoms with Gasteiger partial charge in [0.2, 0.25) is 11.8 Å². The van der Waals surface area contributed by atoms with Gasteiger partial charge in [-0.15, -0.1) is 0 Å². The monoisotopic (exact) mass is 296 g/mol. The minimum Gasteiger partial charge on any atom is -0.381 e. The van der Waals surface area contributed by atoms with E-state index in [0.717, 1.165) is 13.0 Å². The summed E-state index contributed by atoms with van der Waals surface area (Å²) in [5, 5.41) is 2.92. The molecule has 0 spiro atoms. The molecule has 0 aromatic rings. The van der Waals surface area contributed by atoms with Gasteiger partial charge >= 0.3 is 0 Å². The van der Waals surface area contributed by atoms with Gasteiger partial charge in [-0.25, -0.2) is 0 Å². The van der Waals surface area contributed by atoms with Gasteiger partial charge in [0.1, 0.15) is 12.1 Å². The number of amides is 2. The Morgan fingerprint density at radius 1 is 1.33 bits per heavy atom. The van der Waals surface area contributed by atoms with Crippen LogP contribution in [-0.4, -0.2) is 48.6 Å². The summed E-state index contributed by atoms with van der Waals surface area (Å²) in [7, 11) is 0. The van der Waals surface area contributed by atoms with Crippen molar-refractivity contribution in [1.82, 2.24) is 10.2 Å². The van der Waals surface area contributed by atoms with Crippen molar-refractivity contribution in [2.24, 2.45) is 17.3 Å². The average molecular weight is 296 g/mol. The van der Waals surface area contributed by atoms with Gasteiger partial charge in [-0.05, 0) is 17.8 Å².